The number of amides is 3. The molecule has 0 bridgehead atoms. The average Bonchev–Trinajstić information content (AvgIpc) is 3.39. The first-order chi connectivity index (χ1) is 15.8. The first-order valence-corrected chi connectivity index (χ1v) is 11.3. The molecule has 3 amide bonds. The van der Waals surface area contributed by atoms with Gasteiger partial charge in [0.05, 0.1) is 18.7 Å². The van der Waals surface area contributed by atoms with Gasteiger partial charge >= 0.3 is 5.97 Å². The number of imide groups is 1. The van der Waals surface area contributed by atoms with Crippen molar-refractivity contribution in [3.63, 3.8) is 0 Å². The zero-order valence-electron chi connectivity index (χ0n) is 18.2. The summed E-state index contributed by atoms with van der Waals surface area (Å²) in [5.41, 5.74) is 1.76. The highest BCUT2D eigenvalue weighted by molar-refractivity contribution is 7.09. The molecule has 1 aliphatic heterocycles. The molecule has 1 unspecified atom stereocenters. The molecule has 168 valence electrons. The van der Waals surface area contributed by atoms with Crippen LogP contribution in [0, 0.1) is 6.92 Å². The summed E-state index contributed by atoms with van der Waals surface area (Å²) in [6.45, 7) is 3.42. The van der Waals surface area contributed by atoms with E-state index in [0.717, 1.165) is 15.3 Å². The largest absolute Gasteiger partial charge is 0.427 e. The molecule has 2 heterocycles. The Morgan fingerprint density at radius 2 is 1.85 bits per heavy atom. The van der Waals surface area contributed by atoms with E-state index in [1.807, 2.05) is 30.5 Å². The van der Waals surface area contributed by atoms with Crippen LogP contribution >= 0.6 is 11.3 Å². The Morgan fingerprint density at radius 1 is 1.09 bits per heavy atom. The average molecular weight is 463 g/mol. The van der Waals surface area contributed by atoms with Crippen LogP contribution in [0.4, 0.5) is 5.69 Å². The van der Waals surface area contributed by atoms with Crippen LogP contribution in [0.3, 0.4) is 0 Å². The van der Waals surface area contributed by atoms with Gasteiger partial charge in [0.2, 0.25) is 5.91 Å². The molecule has 4 rings (SSSR count). The zero-order valence-corrected chi connectivity index (χ0v) is 19.0. The van der Waals surface area contributed by atoms with Gasteiger partial charge in [-0.25, -0.2) is 4.90 Å². The monoisotopic (exact) mass is 462 g/mol. The van der Waals surface area contributed by atoms with Crippen molar-refractivity contribution >= 4 is 40.7 Å². The van der Waals surface area contributed by atoms with Crippen LogP contribution in [-0.2, 0) is 20.9 Å². The van der Waals surface area contributed by atoms with Crippen LogP contribution in [0.25, 0.3) is 0 Å². The Kier molecular flexibility index (Phi) is 6.37. The molecule has 1 saturated heterocycles. The van der Waals surface area contributed by atoms with Crippen molar-refractivity contribution in [3.05, 3.63) is 82.0 Å². The Hall–Kier alpha value is -3.78. The molecule has 0 aliphatic carbocycles. The van der Waals surface area contributed by atoms with Crippen LogP contribution in [-0.4, -0.2) is 34.6 Å². The van der Waals surface area contributed by atoms with Gasteiger partial charge in [-0.3, -0.25) is 19.2 Å². The number of esters is 1. The summed E-state index contributed by atoms with van der Waals surface area (Å²) in [6.07, 6.45) is -0.104. The number of rotatable bonds is 6. The summed E-state index contributed by atoms with van der Waals surface area (Å²) < 4.78 is 5.01. The van der Waals surface area contributed by atoms with E-state index in [1.165, 1.54) is 35.3 Å². The van der Waals surface area contributed by atoms with Gasteiger partial charge in [0.25, 0.3) is 11.8 Å². The second kappa shape index (κ2) is 9.38. The van der Waals surface area contributed by atoms with Crippen molar-refractivity contribution in [2.45, 2.75) is 32.9 Å². The number of carbonyl (C=O) groups excluding carboxylic acids is 4. The third-order valence-electron chi connectivity index (χ3n) is 5.29. The van der Waals surface area contributed by atoms with Gasteiger partial charge in [-0.2, -0.15) is 0 Å². The number of hydrogen-bond acceptors (Lipinski definition) is 6. The molecule has 0 radical (unpaired) electrons. The first kappa shape index (κ1) is 22.4. The van der Waals surface area contributed by atoms with Crippen LogP contribution in [0.2, 0.25) is 0 Å². The van der Waals surface area contributed by atoms with E-state index < -0.39 is 23.8 Å². The molecular formula is C25H22N2O5S. The molecule has 1 fully saturated rings. The molecule has 2 aromatic carbocycles. The van der Waals surface area contributed by atoms with E-state index in [2.05, 4.69) is 0 Å². The fraction of sp³-hybridized carbons (Fsp3) is 0.200. The maximum absolute atomic E-state index is 13.5. The molecule has 0 saturated carbocycles. The lowest BCUT2D eigenvalue weighted by atomic mass is 10.1. The number of thiophene rings is 1. The number of benzene rings is 2. The van der Waals surface area contributed by atoms with E-state index in [0.29, 0.717) is 17.0 Å². The number of nitrogens with zero attached hydrogens (tertiary/aromatic N) is 2. The first-order valence-electron chi connectivity index (χ1n) is 10.4. The van der Waals surface area contributed by atoms with Gasteiger partial charge in [0, 0.05) is 17.4 Å². The minimum absolute atomic E-state index is 0.104. The molecule has 1 atom stereocenters. The molecule has 7 nitrogen and oxygen atoms in total. The number of hydrogen-bond donors (Lipinski definition) is 0. The van der Waals surface area contributed by atoms with Crippen molar-refractivity contribution in [1.82, 2.24) is 4.90 Å². The van der Waals surface area contributed by atoms with Gasteiger partial charge in [-0.15, -0.1) is 11.3 Å². The second-order valence-corrected chi connectivity index (χ2v) is 8.79. The van der Waals surface area contributed by atoms with Crippen molar-refractivity contribution < 1.29 is 23.9 Å². The van der Waals surface area contributed by atoms with Gasteiger partial charge in [-0.05, 0) is 54.8 Å². The molecule has 0 N–H and O–H groups in total. The third-order valence-corrected chi connectivity index (χ3v) is 6.15. The SMILES string of the molecule is CC(=O)Oc1ccc(N2C(=O)CC(N(Cc3cccs3)C(=O)c3cccc(C)c3)C2=O)cc1. The Balaban J connectivity index is 1.63. The molecule has 1 aliphatic rings. The highest BCUT2D eigenvalue weighted by atomic mass is 32.1. The molecule has 0 spiro atoms. The van der Waals surface area contributed by atoms with Crippen molar-refractivity contribution in [3.8, 4) is 5.75 Å². The predicted molar refractivity (Wildman–Crippen MR) is 124 cm³/mol. The lowest BCUT2D eigenvalue weighted by Crippen LogP contribution is -2.45. The van der Waals surface area contributed by atoms with E-state index in [-0.39, 0.29) is 18.9 Å². The Morgan fingerprint density at radius 3 is 2.48 bits per heavy atom. The summed E-state index contributed by atoms with van der Waals surface area (Å²) in [5, 5.41) is 1.91. The second-order valence-electron chi connectivity index (χ2n) is 7.76. The number of anilines is 1. The van der Waals surface area contributed by atoms with Gasteiger partial charge < -0.3 is 9.64 Å². The zero-order chi connectivity index (χ0) is 23.5. The predicted octanol–water partition coefficient (Wildman–Crippen LogP) is 3.96. The van der Waals surface area contributed by atoms with E-state index in [4.69, 9.17) is 4.74 Å². The summed E-state index contributed by atoms with van der Waals surface area (Å²) in [7, 11) is 0. The summed E-state index contributed by atoms with van der Waals surface area (Å²) >= 11 is 1.49. The lowest BCUT2D eigenvalue weighted by molar-refractivity contribution is -0.132. The molecule has 8 heteroatoms. The summed E-state index contributed by atoms with van der Waals surface area (Å²) in [6, 6.07) is 16.2. The third kappa shape index (κ3) is 4.85. The maximum Gasteiger partial charge on any atom is 0.308 e. The van der Waals surface area contributed by atoms with Gasteiger partial charge in [0.15, 0.2) is 0 Å². The minimum Gasteiger partial charge on any atom is -0.427 e. The fourth-order valence-electron chi connectivity index (χ4n) is 3.80. The highest BCUT2D eigenvalue weighted by Gasteiger charge is 2.44. The van der Waals surface area contributed by atoms with Crippen LogP contribution in [0.5, 0.6) is 5.75 Å². The minimum atomic E-state index is -0.916. The summed E-state index contributed by atoms with van der Waals surface area (Å²) in [4.78, 5) is 54.3. The summed E-state index contributed by atoms with van der Waals surface area (Å²) in [5.74, 6) is -1.30. The van der Waals surface area contributed by atoms with E-state index in [9.17, 15) is 19.2 Å². The molecule has 3 aromatic rings. The van der Waals surface area contributed by atoms with Crippen LogP contribution in [0.15, 0.2) is 66.0 Å². The highest BCUT2D eigenvalue weighted by Crippen LogP contribution is 2.29. The van der Waals surface area contributed by atoms with Crippen molar-refractivity contribution in [2.24, 2.45) is 0 Å². The number of aryl methyl sites for hydroxylation is 1. The topological polar surface area (TPSA) is 84.0 Å². The van der Waals surface area contributed by atoms with Crippen molar-refractivity contribution in [2.75, 3.05) is 4.90 Å². The molecule has 33 heavy (non-hydrogen) atoms. The number of ether oxygens (including phenoxy) is 1. The standard InChI is InChI=1S/C25H22N2O5S/c1-16-5-3-6-18(13-16)24(30)26(15-21-7-4-12-33-21)22-14-23(29)27(25(22)31)19-8-10-20(11-9-19)32-17(2)28/h3-13,22H,14-15H2,1-2H3. The number of carbonyl (C=O) groups is 4. The normalized spacial score (nSPS) is 15.6. The Labute approximate surface area is 195 Å². The lowest BCUT2D eigenvalue weighted by Gasteiger charge is -2.27. The van der Waals surface area contributed by atoms with E-state index >= 15 is 0 Å². The van der Waals surface area contributed by atoms with E-state index in [1.54, 1.807) is 30.3 Å². The Bertz CT molecular complexity index is 1200. The fourth-order valence-corrected chi connectivity index (χ4v) is 4.50. The van der Waals surface area contributed by atoms with Gasteiger partial charge in [0.1, 0.15) is 11.8 Å². The van der Waals surface area contributed by atoms with Gasteiger partial charge in [-0.1, -0.05) is 23.8 Å². The van der Waals surface area contributed by atoms with Crippen molar-refractivity contribution in [1.29, 1.82) is 0 Å². The smallest absolute Gasteiger partial charge is 0.308 e. The molecule has 1 aromatic heterocycles. The maximum atomic E-state index is 13.5. The van der Waals surface area contributed by atoms with Crippen LogP contribution < -0.4 is 9.64 Å². The molecular weight excluding hydrogens is 440 g/mol. The quantitative estimate of drug-likeness (QED) is 0.315. The van der Waals surface area contributed by atoms with Crippen LogP contribution in [0.1, 0.15) is 34.1 Å².